The Labute approximate surface area is 89.4 Å². The lowest BCUT2D eigenvalue weighted by Gasteiger charge is -2.16. The van der Waals surface area contributed by atoms with Crippen LogP contribution in [0.4, 0.5) is 0 Å². The van der Waals surface area contributed by atoms with E-state index in [2.05, 4.69) is 0 Å². The van der Waals surface area contributed by atoms with E-state index in [1.54, 1.807) is 0 Å². The van der Waals surface area contributed by atoms with Gasteiger partial charge in [0, 0.05) is 0 Å². The zero-order chi connectivity index (χ0) is 11.6. The zero-order valence-corrected chi connectivity index (χ0v) is 9.19. The largest absolute Gasteiger partial charge is 0.481 e. The summed E-state index contributed by atoms with van der Waals surface area (Å²) in [5.41, 5.74) is 2.73. The maximum absolute atomic E-state index is 10.7. The van der Waals surface area contributed by atoms with Crippen molar-refractivity contribution in [3.8, 4) is 0 Å². The summed E-state index contributed by atoms with van der Waals surface area (Å²) >= 11 is 0. The molecule has 0 aliphatic heterocycles. The summed E-state index contributed by atoms with van der Waals surface area (Å²) in [6.45, 7) is 5.36. The molecule has 0 amide bonds. The van der Waals surface area contributed by atoms with Gasteiger partial charge in [0.15, 0.2) is 0 Å². The number of aliphatic carboxylic acids is 1. The summed E-state index contributed by atoms with van der Waals surface area (Å²) in [6, 6.07) is 5.62. The number of carbonyl (C=O) groups is 1. The minimum Gasteiger partial charge on any atom is -0.481 e. The van der Waals surface area contributed by atoms with Gasteiger partial charge in [0.2, 0.25) is 0 Å². The second-order valence-electron chi connectivity index (χ2n) is 3.99. The molecule has 0 saturated heterocycles. The Morgan fingerprint density at radius 1 is 1.20 bits per heavy atom. The van der Waals surface area contributed by atoms with Crippen LogP contribution in [0.15, 0.2) is 18.2 Å². The third-order valence-corrected chi connectivity index (χ3v) is 2.45. The lowest BCUT2D eigenvalue weighted by molar-refractivity contribution is -0.145. The number of benzene rings is 1. The second kappa shape index (κ2) is 4.45. The summed E-state index contributed by atoms with van der Waals surface area (Å²) in [6.07, 6.45) is -0.943. The van der Waals surface area contributed by atoms with E-state index in [0.717, 1.165) is 11.1 Å². The Morgan fingerprint density at radius 3 is 2.07 bits per heavy atom. The van der Waals surface area contributed by atoms with Crippen LogP contribution in [0.25, 0.3) is 0 Å². The lowest BCUT2D eigenvalue weighted by Crippen LogP contribution is -2.18. The van der Waals surface area contributed by atoms with Gasteiger partial charge in [-0.15, -0.1) is 0 Å². The molecule has 0 aliphatic rings. The normalized spacial score (nSPS) is 14.7. The molecule has 0 radical (unpaired) electrons. The van der Waals surface area contributed by atoms with E-state index in [4.69, 9.17) is 5.11 Å². The maximum Gasteiger partial charge on any atom is 0.309 e. The Hall–Kier alpha value is -1.35. The molecule has 3 nitrogen and oxygen atoms in total. The molecular formula is C12H16O3. The third-order valence-electron chi connectivity index (χ3n) is 2.45. The number of aryl methyl sites for hydroxylation is 2. The first-order valence-corrected chi connectivity index (χ1v) is 4.91. The highest BCUT2D eigenvalue weighted by Gasteiger charge is 2.22. The quantitative estimate of drug-likeness (QED) is 0.799. The molecule has 0 aromatic heterocycles. The molecule has 15 heavy (non-hydrogen) atoms. The van der Waals surface area contributed by atoms with Gasteiger partial charge < -0.3 is 10.2 Å². The van der Waals surface area contributed by atoms with Crippen LogP contribution in [-0.2, 0) is 4.79 Å². The van der Waals surface area contributed by atoms with E-state index < -0.39 is 18.0 Å². The van der Waals surface area contributed by atoms with Crippen LogP contribution in [0.2, 0.25) is 0 Å². The van der Waals surface area contributed by atoms with Crippen LogP contribution in [0, 0.1) is 19.8 Å². The van der Waals surface area contributed by atoms with Gasteiger partial charge in [-0.3, -0.25) is 4.79 Å². The van der Waals surface area contributed by atoms with Crippen molar-refractivity contribution in [3.63, 3.8) is 0 Å². The molecule has 0 bridgehead atoms. The Morgan fingerprint density at radius 2 is 1.67 bits per heavy atom. The van der Waals surface area contributed by atoms with Crippen molar-refractivity contribution >= 4 is 5.97 Å². The molecule has 1 aromatic carbocycles. The van der Waals surface area contributed by atoms with Crippen LogP contribution >= 0.6 is 0 Å². The summed E-state index contributed by atoms with van der Waals surface area (Å²) in [5.74, 6) is -1.77. The predicted molar refractivity (Wildman–Crippen MR) is 57.7 cm³/mol. The van der Waals surface area contributed by atoms with Gasteiger partial charge in [-0.1, -0.05) is 29.3 Å². The number of aliphatic hydroxyl groups excluding tert-OH is 1. The average Bonchev–Trinajstić information content (AvgIpc) is 2.13. The van der Waals surface area contributed by atoms with Crippen LogP contribution in [0.1, 0.15) is 29.7 Å². The van der Waals surface area contributed by atoms with Gasteiger partial charge in [-0.25, -0.2) is 0 Å². The van der Waals surface area contributed by atoms with Gasteiger partial charge in [0.05, 0.1) is 12.0 Å². The Kier molecular flexibility index (Phi) is 3.48. The molecule has 1 rings (SSSR count). The fraction of sp³-hybridized carbons (Fsp3) is 0.417. The highest BCUT2D eigenvalue weighted by molar-refractivity contribution is 5.70. The van der Waals surface area contributed by atoms with Gasteiger partial charge >= 0.3 is 5.97 Å². The molecular weight excluding hydrogens is 192 g/mol. The third kappa shape index (κ3) is 2.80. The van der Waals surface area contributed by atoms with E-state index in [9.17, 15) is 9.90 Å². The van der Waals surface area contributed by atoms with Crippen LogP contribution in [0.5, 0.6) is 0 Å². The summed E-state index contributed by atoms with van der Waals surface area (Å²) in [5, 5.41) is 18.6. The van der Waals surface area contributed by atoms with Crippen molar-refractivity contribution in [1.29, 1.82) is 0 Å². The van der Waals surface area contributed by atoms with E-state index in [0.29, 0.717) is 5.56 Å². The first-order chi connectivity index (χ1) is 6.91. The number of rotatable bonds is 3. The molecule has 0 heterocycles. The Balaban J connectivity index is 3.00. The SMILES string of the molecule is Cc1cc(C)cc(C(O)C(C)C(=O)O)c1. The maximum atomic E-state index is 10.7. The zero-order valence-electron chi connectivity index (χ0n) is 9.19. The number of aliphatic hydroxyl groups is 1. The summed E-state index contributed by atoms with van der Waals surface area (Å²) < 4.78 is 0. The van der Waals surface area contributed by atoms with E-state index in [1.807, 2.05) is 32.0 Å². The van der Waals surface area contributed by atoms with Crippen LogP contribution in [0.3, 0.4) is 0 Å². The minimum atomic E-state index is -0.985. The Bertz CT molecular complexity index is 351. The molecule has 0 fully saturated rings. The topological polar surface area (TPSA) is 57.5 Å². The van der Waals surface area contributed by atoms with Crippen molar-refractivity contribution in [2.24, 2.45) is 5.92 Å². The van der Waals surface area contributed by atoms with E-state index in [-0.39, 0.29) is 0 Å². The highest BCUT2D eigenvalue weighted by Crippen LogP contribution is 2.23. The molecule has 2 N–H and O–H groups in total. The van der Waals surface area contributed by atoms with E-state index in [1.165, 1.54) is 6.92 Å². The second-order valence-corrected chi connectivity index (χ2v) is 3.99. The number of carboxylic acids is 1. The van der Waals surface area contributed by atoms with Crippen molar-refractivity contribution in [2.75, 3.05) is 0 Å². The predicted octanol–water partition coefficient (Wildman–Crippen LogP) is 2.06. The standard InChI is InChI=1S/C12H16O3/c1-7-4-8(2)6-10(5-7)11(13)9(3)12(14)15/h4-6,9,11,13H,1-3H3,(H,14,15). The monoisotopic (exact) mass is 208 g/mol. The molecule has 0 aliphatic carbocycles. The first kappa shape index (κ1) is 11.7. The van der Waals surface area contributed by atoms with Crippen molar-refractivity contribution in [2.45, 2.75) is 26.9 Å². The molecule has 82 valence electrons. The summed E-state index contributed by atoms with van der Waals surface area (Å²) in [7, 11) is 0. The molecule has 2 atom stereocenters. The molecule has 3 heteroatoms. The van der Waals surface area contributed by atoms with Crippen molar-refractivity contribution < 1.29 is 15.0 Å². The number of carboxylic acid groups (broad SMARTS) is 1. The van der Waals surface area contributed by atoms with E-state index >= 15 is 0 Å². The van der Waals surface area contributed by atoms with Crippen LogP contribution in [-0.4, -0.2) is 16.2 Å². The summed E-state index contributed by atoms with van der Waals surface area (Å²) in [4.78, 5) is 10.7. The molecule has 0 saturated carbocycles. The fourth-order valence-corrected chi connectivity index (χ4v) is 1.60. The lowest BCUT2D eigenvalue weighted by atomic mass is 9.95. The fourth-order valence-electron chi connectivity index (χ4n) is 1.60. The first-order valence-electron chi connectivity index (χ1n) is 4.91. The van der Waals surface area contributed by atoms with Crippen molar-refractivity contribution in [1.82, 2.24) is 0 Å². The van der Waals surface area contributed by atoms with Gasteiger partial charge in [0.1, 0.15) is 0 Å². The number of hydrogen-bond acceptors (Lipinski definition) is 2. The van der Waals surface area contributed by atoms with Gasteiger partial charge in [0.25, 0.3) is 0 Å². The number of hydrogen-bond donors (Lipinski definition) is 2. The average molecular weight is 208 g/mol. The molecule has 2 unspecified atom stereocenters. The van der Waals surface area contributed by atoms with Crippen LogP contribution < -0.4 is 0 Å². The van der Waals surface area contributed by atoms with Gasteiger partial charge in [-0.05, 0) is 26.3 Å². The highest BCUT2D eigenvalue weighted by atomic mass is 16.4. The molecule has 0 spiro atoms. The smallest absolute Gasteiger partial charge is 0.309 e. The van der Waals surface area contributed by atoms with Gasteiger partial charge in [-0.2, -0.15) is 0 Å². The van der Waals surface area contributed by atoms with Crippen molar-refractivity contribution in [3.05, 3.63) is 34.9 Å². The molecule has 1 aromatic rings. The minimum absolute atomic E-state index is 0.669.